The van der Waals surface area contributed by atoms with Crippen LogP contribution in [0.15, 0.2) is 30.3 Å². The highest BCUT2D eigenvalue weighted by atomic mass is 16.1. The third-order valence-corrected chi connectivity index (χ3v) is 8.09. The largest absolute Gasteiger partial charge is 0.369 e. The third-order valence-electron chi connectivity index (χ3n) is 8.09. The number of rotatable bonds is 8. The van der Waals surface area contributed by atoms with Crippen molar-refractivity contribution >= 4 is 28.2 Å². The summed E-state index contributed by atoms with van der Waals surface area (Å²) in [6.45, 7) is 8.25. The normalized spacial score (nSPS) is 17.0. The Morgan fingerprint density at radius 3 is 2.56 bits per heavy atom. The first-order valence-electron chi connectivity index (χ1n) is 13.7. The number of carbonyl (C=O) groups is 2. The number of ketones is 2. The van der Waals surface area contributed by atoms with Crippen LogP contribution in [0.5, 0.6) is 0 Å². The Balaban J connectivity index is 1.33. The number of nitrogens with one attached hydrogen (secondary N) is 2. The summed E-state index contributed by atoms with van der Waals surface area (Å²) in [7, 11) is 0. The number of piperazine rings is 1. The topological polar surface area (TPSA) is 78.1 Å². The van der Waals surface area contributed by atoms with Crippen LogP contribution in [0.3, 0.4) is 0 Å². The number of anilines is 1. The minimum Gasteiger partial charge on any atom is -0.369 e. The van der Waals surface area contributed by atoms with Gasteiger partial charge in [0, 0.05) is 55.2 Å². The maximum absolute atomic E-state index is 13.4. The number of Topliss-reactive ketones (excluding diaryl/α,β-unsaturated/α-hetero) is 2. The summed E-state index contributed by atoms with van der Waals surface area (Å²) in [5.41, 5.74) is 6.82. The maximum Gasteiger partial charge on any atom is 0.186 e. The molecule has 1 aliphatic heterocycles. The van der Waals surface area contributed by atoms with Crippen molar-refractivity contribution in [3.05, 3.63) is 58.3 Å². The van der Waals surface area contributed by atoms with Gasteiger partial charge in [-0.1, -0.05) is 32.3 Å². The van der Waals surface area contributed by atoms with Crippen molar-refractivity contribution < 1.29 is 9.59 Å². The molecule has 190 valence electrons. The number of nitrogens with zero attached hydrogens (tertiary/aromatic N) is 2. The van der Waals surface area contributed by atoms with E-state index < -0.39 is 0 Å². The van der Waals surface area contributed by atoms with Gasteiger partial charge >= 0.3 is 0 Å². The Labute approximate surface area is 213 Å². The van der Waals surface area contributed by atoms with Crippen LogP contribution in [0.4, 0.5) is 5.69 Å². The number of H-pyrrole nitrogens is 1. The lowest BCUT2D eigenvalue weighted by Gasteiger charge is -2.30. The van der Waals surface area contributed by atoms with Crippen LogP contribution >= 0.6 is 0 Å². The Kier molecular flexibility index (Phi) is 7.51. The molecule has 2 N–H and O–H groups in total. The van der Waals surface area contributed by atoms with Crippen molar-refractivity contribution in [3.8, 4) is 0 Å². The molecule has 0 bridgehead atoms. The second-order valence-corrected chi connectivity index (χ2v) is 10.5. The van der Waals surface area contributed by atoms with Crippen LogP contribution in [0, 0.1) is 12.8 Å². The van der Waals surface area contributed by atoms with Crippen LogP contribution in [-0.4, -0.2) is 47.9 Å². The Bertz CT molecular complexity index is 1250. The van der Waals surface area contributed by atoms with Gasteiger partial charge < -0.3 is 10.2 Å². The molecule has 1 aromatic heterocycles. The fraction of sp³-hybridized carbons (Fsp3) is 0.500. The number of fused-ring (bicyclic) bond motifs is 1. The summed E-state index contributed by atoms with van der Waals surface area (Å²) >= 11 is 0. The quantitative estimate of drug-likeness (QED) is 0.416. The van der Waals surface area contributed by atoms with Crippen LogP contribution in [0.2, 0.25) is 0 Å². The molecule has 0 spiro atoms. The number of aromatic amines is 1. The van der Waals surface area contributed by atoms with Gasteiger partial charge in [-0.2, -0.15) is 5.10 Å². The molecule has 2 aromatic carbocycles. The van der Waals surface area contributed by atoms with E-state index >= 15 is 0 Å². The third kappa shape index (κ3) is 5.10. The summed E-state index contributed by atoms with van der Waals surface area (Å²) in [6.07, 6.45) is 7.44. The summed E-state index contributed by atoms with van der Waals surface area (Å²) in [4.78, 5) is 29.0. The molecule has 0 amide bonds. The van der Waals surface area contributed by atoms with Crippen molar-refractivity contribution in [2.24, 2.45) is 5.92 Å². The SMILES string of the molecule is CCc1cc(N2CCNCC2)ccc1CCC(=O)c1cc2c(C(=O)C3CCCCC3)n[nH]c2cc1C. The van der Waals surface area contributed by atoms with E-state index in [1.165, 1.54) is 23.2 Å². The molecule has 36 heavy (non-hydrogen) atoms. The molecule has 0 radical (unpaired) electrons. The first-order valence-corrected chi connectivity index (χ1v) is 13.7. The van der Waals surface area contributed by atoms with E-state index in [2.05, 4.69) is 45.5 Å². The Morgan fingerprint density at radius 1 is 1.03 bits per heavy atom. The fourth-order valence-corrected chi connectivity index (χ4v) is 5.91. The molecule has 2 heterocycles. The van der Waals surface area contributed by atoms with Crippen LogP contribution < -0.4 is 10.2 Å². The minimum atomic E-state index is 0.0577. The van der Waals surface area contributed by atoms with Gasteiger partial charge in [-0.05, 0) is 73.6 Å². The molecular weight excluding hydrogens is 448 g/mol. The highest BCUT2D eigenvalue weighted by molar-refractivity contribution is 6.09. The predicted molar refractivity (Wildman–Crippen MR) is 145 cm³/mol. The number of aryl methyl sites for hydroxylation is 3. The van der Waals surface area contributed by atoms with Gasteiger partial charge in [0.1, 0.15) is 5.69 Å². The molecule has 2 fully saturated rings. The smallest absolute Gasteiger partial charge is 0.186 e. The molecule has 6 nitrogen and oxygen atoms in total. The first kappa shape index (κ1) is 24.7. The molecule has 1 saturated heterocycles. The van der Waals surface area contributed by atoms with Crippen LogP contribution in [0.25, 0.3) is 10.9 Å². The molecule has 2 aliphatic rings. The van der Waals surface area contributed by atoms with Crippen molar-refractivity contribution in [1.29, 1.82) is 0 Å². The monoisotopic (exact) mass is 486 g/mol. The average molecular weight is 487 g/mol. The summed E-state index contributed by atoms with van der Waals surface area (Å²) in [5.74, 6) is 0.308. The van der Waals surface area contributed by atoms with Gasteiger partial charge in [-0.25, -0.2) is 0 Å². The van der Waals surface area contributed by atoms with Gasteiger partial charge in [0.25, 0.3) is 0 Å². The summed E-state index contributed by atoms with van der Waals surface area (Å²) in [6, 6.07) is 10.6. The average Bonchev–Trinajstić information content (AvgIpc) is 3.34. The zero-order chi connectivity index (χ0) is 25.1. The molecule has 5 rings (SSSR count). The lowest BCUT2D eigenvalue weighted by atomic mass is 9.84. The molecule has 1 aliphatic carbocycles. The van der Waals surface area contributed by atoms with Gasteiger partial charge in [-0.3, -0.25) is 14.7 Å². The Morgan fingerprint density at radius 2 is 1.81 bits per heavy atom. The van der Waals surface area contributed by atoms with Crippen molar-refractivity contribution in [2.75, 3.05) is 31.1 Å². The lowest BCUT2D eigenvalue weighted by Crippen LogP contribution is -2.43. The van der Waals surface area contributed by atoms with Crippen molar-refractivity contribution in [3.63, 3.8) is 0 Å². The standard InChI is InChI=1S/C30H38N4O2/c1-3-21-18-24(34-15-13-31-14-16-34)11-9-22(21)10-12-28(35)25-19-26-27(17-20(25)2)32-33-29(26)30(36)23-7-5-4-6-8-23/h9,11,17-19,23,31H,3-8,10,12-16H2,1-2H3,(H,32,33). The zero-order valence-electron chi connectivity index (χ0n) is 21.7. The molecule has 6 heteroatoms. The molecule has 1 saturated carbocycles. The number of aromatic nitrogens is 2. The minimum absolute atomic E-state index is 0.0577. The number of carbonyl (C=O) groups excluding carboxylic acids is 2. The van der Waals surface area contributed by atoms with E-state index in [0.717, 1.165) is 81.2 Å². The first-order chi connectivity index (χ1) is 17.5. The fourth-order valence-electron chi connectivity index (χ4n) is 5.91. The Hall–Kier alpha value is -2.99. The van der Waals surface area contributed by atoms with Gasteiger partial charge in [-0.15, -0.1) is 0 Å². The predicted octanol–water partition coefficient (Wildman–Crippen LogP) is 5.42. The van der Waals surface area contributed by atoms with Gasteiger partial charge in [0.15, 0.2) is 11.6 Å². The van der Waals surface area contributed by atoms with E-state index in [1.807, 2.05) is 19.1 Å². The highest BCUT2D eigenvalue weighted by Gasteiger charge is 2.26. The molecule has 3 aromatic rings. The molecular formula is C30H38N4O2. The van der Waals surface area contributed by atoms with E-state index in [-0.39, 0.29) is 17.5 Å². The second-order valence-electron chi connectivity index (χ2n) is 10.5. The second kappa shape index (κ2) is 11.0. The lowest BCUT2D eigenvalue weighted by molar-refractivity contribution is 0.0885. The van der Waals surface area contributed by atoms with E-state index in [4.69, 9.17) is 0 Å². The van der Waals surface area contributed by atoms with Crippen molar-refractivity contribution in [2.45, 2.75) is 65.2 Å². The number of benzene rings is 2. The zero-order valence-corrected chi connectivity index (χ0v) is 21.7. The number of hydrogen-bond acceptors (Lipinski definition) is 5. The van der Waals surface area contributed by atoms with E-state index in [0.29, 0.717) is 17.7 Å². The van der Waals surface area contributed by atoms with Crippen molar-refractivity contribution in [1.82, 2.24) is 15.5 Å². The van der Waals surface area contributed by atoms with Gasteiger partial charge in [0.05, 0.1) is 5.52 Å². The van der Waals surface area contributed by atoms with Crippen LogP contribution in [-0.2, 0) is 12.8 Å². The number of hydrogen-bond donors (Lipinski definition) is 2. The molecule has 0 unspecified atom stereocenters. The van der Waals surface area contributed by atoms with E-state index in [1.54, 1.807) is 0 Å². The van der Waals surface area contributed by atoms with Gasteiger partial charge in [0.2, 0.25) is 0 Å². The summed E-state index contributed by atoms with van der Waals surface area (Å²) in [5, 5.41) is 11.6. The molecule has 0 atom stereocenters. The van der Waals surface area contributed by atoms with E-state index in [9.17, 15) is 9.59 Å². The van der Waals surface area contributed by atoms with Crippen LogP contribution in [0.1, 0.15) is 83.0 Å². The summed E-state index contributed by atoms with van der Waals surface area (Å²) < 4.78 is 0. The maximum atomic E-state index is 13.4. The highest BCUT2D eigenvalue weighted by Crippen LogP contribution is 2.30.